The number of hydrogen-bond acceptors (Lipinski definition) is 4. The number of carbonyl (C=O) groups excluding carboxylic acids is 1. The first-order valence-corrected chi connectivity index (χ1v) is 12.5. The predicted molar refractivity (Wildman–Crippen MR) is 128 cm³/mol. The minimum absolute atomic E-state index is 0.0696. The van der Waals surface area contributed by atoms with E-state index in [-0.39, 0.29) is 11.3 Å². The fourth-order valence-corrected chi connectivity index (χ4v) is 4.20. The molecule has 1 atom stereocenters. The number of ether oxygens (including phenoxy) is 1. The number of phenols is 1. The molecular formula is C21H26Br2NO5P. The van der Waals surface area contributed by atoms with Gasteiger partial charge in [0, 0.05) is 0 Å². The Hall–Kier alpha value is -1.63. The van der Waals surface area contributed by atoms with Crippen molar-refractivity contribution in [2.24, 2.45) is 5.92 Å². The van der Waals surface area contributed by atoms with Gasteiger partial charge in [-0.15, -0.1) is 8.58 Å². The second kappa shape index (κ2) is 12.9. The van der Waals surface area contributed by atoms with Crippen molar-refractivity contribution in [1.82, 2.24) is 5.32 Å². The van der Waals surface area contributed by atoms with Gasteiger partial charge in [-0.3, -0.25) is 9.59 Å². The van der Waals surface area contributed by atoms with Crippen LogP contribution in [0.15, 0.2) is 39.3 Å². The number of hydrogen-bond donors (Lipinski definition) is 3. The molecule has 3 N–H and O–H groups in total. The summed E-state index contributed by atoms with van der Waals surface area (Å²) in [6.45, 7) is 8.08. The normalized spacial score (nSPS) is 10.6. The Balaban J connectivity index is 0.00000103. The van der Waals surface area contributed by atoms with Gasteiger partial charge in [-0.2, -0.15) is 0 Å². The van der Waals surface area contributed by atoms with Gasteiger partial charge in [0.05, 0.1) is 14.5 Å². The molecule has 0 fully saturated rings. The third-order valence-corrected chi connectivity index (χ3v) is 5.21. The summed E-state index contributed by atoms with van der Waals surface area (Å²) < 4.78 is 7.35. The molecule has 0 aliphatic carbocycles. The Morgan fingerprint density at radius 3 is 2.20 bits per heavy atom. The minimum atomic E-state index is -1.18. The van der Waals surface area contributed by atoms with Crippen molar-refractivity contribution < 1.29 is 24.5 Å². The van der Waals surface area contributed by atoms with Crippen LogP contribution >= 0.6 is 40.4 Å². The molecule has 1 amide bonds. The van der Waals surface area contributed by atoms with E-state index in [2.05, 4.69) is 64.6 Å². The lowest BCUT2D eigenvalue weighted by Crippen LogP contribution is -2.29. The zero-order valence-electron chi connectivity index (χ0n) is 17.3. The van der Waals surface area contributed by atoms with Crippen LogP contribution in [0.4, 0.5) is 0 Å². The predicted octanol–water partition coefficient (Wildman–Crippen LogP) is 5.99. The highest BCUT2D eigenvalue weighted by atomic mass is 79.9. The van der Waals surface area contributed by atoms with Crippen LogP contribution in [0.5, 0.6) is 17.2 Å². The third-order valence-electron chi connectivity index (χ3n) is 3.27. The molecule has 0 saturated carbocycles. The van der Waals surface area contributed by atoms with Crippen LogP contribution in [0.1, 0.15) is 36.7 Å². The fourth-order valence-electron chi connectivity index (χ4n) is 2.15. The molecule has 164 valence electrons. The molecule has 30 heavy (non-hydrogen) atoms. The first-order valence-electron chi connectivity index (χ1n) is 9.18. The first kappa shape index (κ1) is 26.4. The molecule has 0 radical (unpaired) electrons. The number of phenolic OH excluding ortho intramolecular Hbond substituents is 1. The number of aliphatic carboxylic acids is 1. The zero-order chi connectivity index (χ0) is 22.8. The van der Waals surface area contributed by atoms with E-state index in [1.54, 1.807) is 0 Å². The van der Waals surface area contributed by atoms with Gasteiger partial charge >= 0.3 is 5.97 Å². The Morgan fingerprint density at radius 2 is 1.70 bits per heavy atom. The van der Waals surface area contributed by atoms with E-state index in [1.807, 2.05) is 12.1 Å². The highest BCUT2D eigenvalue weighted by Crippen LogP contribution is 2.39. The van der Waals surface area contributed by atoms with Crippen LogP contribution in [0.3, 0.4) is 0 Å². The van der Waals surface area contributed by atoms with E-state index in [9.17, 15) is 14.7 Å². The molecule has 0 aliphatic rings. The lowest BCUT2D eigenvalue weighted by atomic mass is 10.1. The maximum absolute atomic E-state index is 12.0. The molecular weight excluding hydrogens is 537 g/mol. The average molecular weight is 563 g/mol. The summed E-state index contributed by atoms with van der Waals surface area (Å²) in [5.74, 6) is -0.443. The first-order chi connectivity index (χ1) is 14.0. The van der Waals surface area contributed by atoms with Crippen molar-refractivity contribution in [3.63, 3.8) is 0 Å². The molecule has 0 saturated heterocycles. The molecule has 6 nitrogen and oxygen atoms in total. The Labute approximate surface area is 195 Å². The van der Waals surface area contributed by atoms with Crippen molar-refractivity contribution in [1.29, 1.82) is 0 Å². The Kier molecular flexibility index (Phi) is 11.4. The smallest absolute Gasteiger partial charge is 0.322 e. The number of amides is 1. The van der Waals surface area contributed by atoms with Crippen molar-refractivity contribution in [3.8, 4) is 17.2 Å². The van der Waals surface area contributed by atoms with Crippen molar-refractivity contribution in [2.75, 3.05) is 13.2 Å². The molecule has 0 aromatic heterocycles. The highest BCUT2D eigenvalue weighted by Gasteiger charge is 2.15. The van der Waals surface area contributed by atoms with Gasteiger partial charge in [0.25, 0.3) is 5.91 Å². The van der Waals surface area contributed by atoms with Gasteiger partial charge in [0.15, 0.2) is 5.75 Å². The van der Waals surface area contributed by atoms with Gasteiger partial charge < -0.3 is 20.3 Å². The maximum atomic E-state index is 12.0. The lowest BCUT2D eigenvalue weighted by Gasteiger charge is -2.13. The molecule has 2 aromatic carbocycles. The number of carboxylic acid groups (broad SMARTS) is 1. The van der Waals surface area contributed by atoms with Gasteiger partial charge in [0.1, 0.15) is 18.0 Å². The number of halogens is 2. The summed E-state index contributed by atoms with van der Waals surface area (Å²) in [4.78, 5) is 22.6. The SMILES string of the molecule is CC(C)C.CPCc1cc(Br)c(Oc2ccc(O)c(C(=O)NCC(=O)O)c2)c(Br)c1. The molecule has 0 heterocycles. The average Bonchev–Trinajstić information content (AvgIpc) is 2.64. The summed E-state index contributed by atoms with van der Waals surface area (Å²) in [6.07, 6.45) is 0.963. The number of benzene rings is 2. The molecule has 2 aromatic rings. The van der Waals surface area contributed by atoms with Crippen molar-refractivity contribution in [2.45, 2.75) is 26.9 Å². The second-order valence-electron chi connectivity index (χ2n) is 7.01. The Morgan fingerprint density at radius 1 is 1.13 bits per heavy atom. The number of carboxylic acids is 1. The number of aromatic hydroxyl groups is 1. The van der Waals surface area contributed by atoms with Crippen LogP contribution in [0, 0.1) is 5.92 Å². The quantitative estimate of drug-likeness (QED) is 0.360. The van der Waals surface area contributed by atoms with Crippen LogP contribution in [-0.4, -0.2) is 35.3 Å². The van der Waals surface area contributed by atoms with Gasteiger partial charge in [-0.05, 0) is 86.5 Å². The number of rotatable bonds is 7. The lowest BCUT2D eigenvalue weighted by molar-refractivity contribution is -0.135. The molecule has 0 bridgehead atoms. The molecule has 2 rings (SSSR count). The summed E-state index contributed by atoms with van der Waals surface area (Å²) in [5, 5.41) is 20.7. The number of carbonyl (C=O) groups is 2. The van der Waals surface area contributed by atoms with Crippen LogP contribution < -0.4 is 10.1 Å². The minimum Gasteiger partial charge on any atom is -0.507 e. The third kappa shape index (κ3) is 9.02. The van der Waals surface area contributed by atoms with Crippen LogP contribution in [-0.2, 0) is 11.0 Å². The molecule has 1 unspecified atom stereocenters. The fraction of sp³-hybridized carbons (Fsp3) is 0.333. The summed E-state index contributed by atoms with van der Waals surface area (Å²) in [5.41, 5.74) is 1.09. The van der Waals surface area contributed by atoms with Gasteiger partial charge in [-0.25, -0.2) is 0 Å². The monoisotopic (exact) mass is 561 g/mol. The summed E-state index contributed by atoms with van der Waals surface area (Å²) >= 11 is 6.96. The van der Waals surface area contributed by atoms with Gasteiger partial charge in [0.2, 0.25) is 0 Å². The molecule has 0 spiro atoms. The van der Waals surface area contributed by atoms with Gasteiger partial charge in [-0.1, -0.05) is 20.8 Å². The zero-order valence-corrected chi connectivity index (χ0v) is 21.4. The number of nitrogens with one attached hydrogen (secondary N) is 1. The summed E-state index contributed by atoms with van der Waals surface area (Å²) in [6, 6.07) is 8.13. The van der Waals surface area contributed by atoms with Crippen LogP contribution in [0.2, 0.25) is 0 Å². The van der Waals surface area contributed by atoms with E-state index >= 15 is 0 Å². The Bertz CT molecular complexity index is 864. The molecule has 0 aliphatic heterocycles. The van der Waals surface area contributed by atoms with E-state index in [0.29, 0.717) is 11.5 Å². The summed E-state index contributed by atoms with van der Waals surface area (Å²) in [7, 11) is 0.793. The van der Waals surface area contributed by atoms with Crippen LogP contribution in [0.25, 0.3) is 0 Å². The van der Waals surface area contributed by atoms with E-state index < -0.39 is 18.4 Å². The standard InChI is InChI=1S/C17H16Br2NO5P.C4H10/c1-26-8-9-4-12(18)16(13(19)5-9)25-10-2-3-14(21)11(6-10)17(24)20-7-15(22)23;1-4(2)3/h2-6,21,26H,7-8H2,1H3,(H,20,24)(H,22,23);4H,1-3H3. The van der Waals surface area contributed by atoms with E-state index in [1.165, 1.54) is 18.2 Å². The molecule has 9 heteroatoms. The van der Waals surface area contributed by atoms with Crippen molar-refractivity contribution >= 4 is 52.3 Å². The topological polar surface area (TPSA) is 95.9 Å². The largest absolute Gasteiger partial charge is 0.507 e. The maximum Gasteiger partial charge on any atom is 0.322 e. The van der Waals surface area contributed by atoms with E-state index in [0.717, 1.165) is 35.2 Å². The highest BCUT2D eigenvalue weighted by molar-refractivity contribution is 9.11. The second-order valence-corrected chi connectivity index (χ2v) is 9.78. The van der Waals surface area contributed by atoms with E-state index in [4.69, 9.17) is 9.84 Å². The van der Waals surface area contributed by atoms with Crippen molar-refractivity contribution in [3.05, 3.63) is 50.4 Å².